The Labute approximate surface area is 177 Å². The van der Waals surface area contributed by atoms with Crippen LogP contribution in [0.5, 0.6) is 0 Å². The van der Waals surface area contributed by atoms with Gasteiger partial charge in [0, 0.05) is 24.5 Å². The van der Waals surface area contributed by atoms with E-state index in [4.69, 9.17) is 0 Å². The van der Waals surface area contributed by atoms with Crippen LogP contribution >= 0.6 is 0 Å². The third-order valence-electron chi connectivity index (χ3n) is 5.01. The maximum Gasteiger partial charge on any atom is 0.251 e. The number of carbonyl (C=O) groups excluding carboxylic acids is 2. The molecule has 1 heterocycles. The second-order valence-corrected chi connectivity index (χ2v) is 7.75. The summed E-state index contributed by atoms with van der Waals surface area (Å²) in [6, 6.07) is 16.5. The maximum absolute atomic E-state index is 12.9. The van der Waals surface area contributed by atoms with Gasteiger partial charge in [-0.15, -0.1) is 0 Å². The first kappa shape index (κ1) is 21.3. The minimum absolute atomic E-state index is 0.0429. The number of benzene rings is 2. The van der Waals surface area contributed by atoms with E-state index in [0.717, 1.165) is 16.7 Å². The molecule has 3 rings (SSSR count). The lowest BCUT2D eigenvalue weighted by atomic mass is 10.0. The number of hydrogen-bond acceptors (Lipinski definition) is 3. The molecule has 0 bridgehead atoms. The zero-order chi connectivity index (χ0) is 21.5. The molecular formula is C24H28N4O2. The Morgan fingerprint density at radius 1 is 1.00 bits per heavy atom. The van der Waals surface area contributed by atoms with Gasteiger partial charge in [0.2, 0.25) is 5.91 Å². The highest BCUT2D eigenvalue weighted by Crippen LogP contribution is 2.12. The van der Waals surface area contributed by atoms with E-state index in [-0.39, 0.29) is 17.7 Å². The van der Waals surface area contributed by atoms with Gasteiger partial charge in [0.15, 0.2) is 0 Å². The van der Waals surface area contributed by atoms with Crippen LogP contribution in [0, 0.1) is 12.8 Å². The molecule has 0 aliphatic rings. The lowest BCUT2D eigenvalue weighted by Gasteiger charge is -2.22. The largest absolute Gasteiger partial charge is 0.350 e. The molecule has 1 unspecified atom stereocenters. The van der Waals surface area contributed by atoms with Gasteiger partial charge in [-0.2, -0.15) is 5.10 Å². The second kappa shape index (κ2) is 9.87. The van der Waals surface area contributed by atoms with Crippen LogP contribution in [0.3, 0.4) is 0 Å². The first-order chi connectivity index (χ1) is 14.4. The number of amides is 2. The molecule has 6 heteroatoms. The Morgan fingerprint density at radius 3 is 2.33 bits per heavy atom. The molecule has 3 aromatic rings. The van der Waals surface area contributed by atoms with E-state index in [2.05, 4.69) is 15.7 Å². The smallest absolute Gasteiger partial charge is 0.251 e. The van der Waals surface area contributed by atoms with Gasteiger partial charge in [0.05, 0.1) is 6.54 Å². The highest BCUT2D eigenvalue weighted by Gasteiger charge is 2.24. The molecule has 2 N–H and O–H groups in total. The number of aryl methyl sites for hydroxylation is 1. The number of rotatable bonds is 8. The molecule has 0 saturated carbocycles. The van der Waals surface area contributed by atoms with Crippen LogP contribution in [0.25, 0.3) is 0 Å². The first-order valence-corrected chi connectivity index (χ1v) is 10.1. The van der Waals surface area contributed by atoms with E-state index in [1.807, 2.05) is 74.1 Å². The predicted octanol–water partition coefficient (Wildman–Crippen LogP) is 3.31. The normalized spacial score (nSPS) is 11.9. The molecule has 156 valence electrons. The molecule has 0 saturated heterocycles. The van der Waals surface area contributed by atoms with Gasteiger partial charge in [-0.25, -0.2) is 0 Å². The maximum atomic E-state index is 12.9. The molecule has 1 aromatic heterocycles. The molecule has 0 aliphatic carbocycles. The monoisotopic (exact) mass is 404 g/mol. The van der Waals surface area contributed by atoms with E-state index in [0.29, 0.717) is 18.7 Å². The minimum Gasteiger partial charge on any atom is -0.350 e. The van der Waals surface area contributed by atoms with E-state index < -0.39 is 6.04 Å². The van der Waals surface area contributed by atoms with Crippen LogP contribution < -0.4 is 10.6 Å². The van der Waals surface area contributed by atoms with Crippen molar-refractivity contribution < 1.29 is 9.59 Å². The molecule has 6 nitrogen and oxygen atoms in total. The van der Waals surface area contributed by atoms with Gasteiger partial charge >= 0.3 is 0 Å². The summed E-state index contributed by atoms with van der Waals surface area (Å²) >= 11 is 0. The minimum atomic E-state index is -0.614. The Balaban J connectivity index is 1.64. The van der Waals surface area contributed by atoms with Crippen LogP contribution in [0.1, 0.15) is 40.9 Å². The van der Waals surface area contributed by atoms with Crippen molar-refractivity contribution in [2.75, 3.05) is 0 Å². The van der Waals surface area contributed by atoms with Gasteiger partial charge in [0.1, 0.15) is 6.04 Å². The van der Waals surface area contributed by atoms with E-state index >= 15 is 0 Å². The Bertz CT molecular complexity index is 979. The summed E-state index contributed by atoms with van der Waals surface area (Å²) < 4.78 is 1.85. The van der Waals surface area contributed by atoms with Gasteiger partial charge in [-0.1, -0.05) is 55.8 Å². The summed E-state index contributed by atoms with van der Waals surface area (Å²) in [5, 5.41) is 10.1. The summed E-state index contributed by atoms with van der Waals surface area (Å²) in [6.45, 7) is 6.84. The molecule has 0 fully saturated rings. The van der Waals surface area contributed by atoms with Crippen molar-refractivity contribution in [2.45, 2.75) is 39.9 Å². The summed E-state index contributed by atoms with van der Waals surface area (Å²) in [5.41, 5.74) is 3.74. The SMILES string of the molecule is Cc1ccc(C(=O)NC(C(=O)NCc2ccccc2Cn2cccn2)C(C)C)cc1. The van der Waals surface area contributed by atoms with E-state index in [9.17, 15) is 9.59 Å². The number of aromatic nitrogens is 2. The second-order valence-electron chi connectivity index (χ2n) is 7.75. The van der Waals surface area contributed by atoms with Crippen molar-refractivity contribution >= 4 is 11.8 Å². The fourth-order valence-corrected chi connectivity index (χ4v) is 3.21. The van der Waals surface area contributed by atoms with Crippen LogP contribution in [-0.4, -0.2) is 27.6 Å². The average molecular weight is 405 g/mol. The lowest BCUT2D eigenvalue weighted by Crippen LogP contribution is -2.49. The van der Waals surface area contributed by atoms with Crippen LogP contribution in [-0.2, 0) is 17.9 Å². The number of carbonyl (C=O) groups is 2. The number of nitrogens with zero attached hydrogens (tertiary/aromatic N) is 2. The molecule has 1 atom stereocenters. The van der Waals surface area contributed by atoms with E-state index in [1.54, 1.807) is 18.3 Å². The lowest BCUT2D eigenvalue weighted by molar-refractivity contribution is -0.124. The zero-order valence-corrected chi connectivity index (χ0v) is 17.6. The predicted molar refractivity (Wildman–Crippen MR) is 117 cm³/mol. The van der Waals surface area contributed by atoms with Crippen molar-refractivity contribution in [3.05, 3.63) is 89.2 Å². The molecule has 2 amide bonds. The third kappa shape index (κ3) is 5.56. The van der Waals surface area contributed by atoms with Gasteiger partial charge in [-0.05, 0) is 42.2 Å². The molecular weight excluding hydrogens is 376 g/mol. The van der Waals surface area contributed by atoms with Crippen molar-refractivity contribution in [3.8, 4) is 0 Å². The molecule has 2 aromatic carbocycles. The van der Waals surface area contributed by atoms with Crippen molar-refractivity contribution in [1.82, 2.24) is 20.4 Å². The summed E-state index contributed by atoms with van der Waals surface area (Å²) in [6.07, 6.45) is 3.65. The Morgan fingerprint density at radius 2 is 1.70 bits per heavy atom. The van der Waals surface area contributed by atoms with Crippen molar-refractivity contribution in [1.29, 1.82) is 0 Å². The first-order valence-electron chi connectivity index (χ1n) is 10.1. The Kier molecular flexibility index (Phi) is 7.01. The molecule has 0 aliphatic heterocycles. The van der Waals surface area contributed by atoms with E-state index in [1.165, 1.54) is 0 Å². The standard InChI is InChI=1S/C24H28N4O2/c1-17(2)22(27-23(29)19-11-9-18(3)10-12-19)24(30)25-15-20-7-4-5-8-21(20)16-28-14-6-13-26-28/h4-14,17,22H,15-16H2,1-3H3,(H,25,30)(H,27,29). The quantitative estimate of drug-likeness (QED) is 0.605. The summed E-state index contributed by atoms with van der Waals surface area (Å²) in [4.78, 5) is 25.4. The highest BCUT2D eigenvalue weighted by atomic mass is 16.2. The molecule has 0 spiro atoms. The highest BCUT2D eigenvalue weighted by molar-refractivity contribution is 5.97. The van der Waals surface area contributed by atoms with Gasteiger partial charge in [-0.3, -0.25) is 14.3 Å². The third-order valence-corrected chi connectivity index (χ3v) is 5.01. The van der Waals surface area contributed by atoms with Crippen LogP contribution in [0.2, 0.25) is 0 Å². The zero-order valence-electron chi connectivity index (χ0n) is 17.6. The Hall–Kier alpha value is -3.41. The fraction of sp³-hybridized carbons (Fsp3) is 0.292. The van der Waals surface area contributed by atoms with Crippen molar-refractivity contribution in [3.63, 3.8) is 0 Å². The van der Waals surface area contributed by atoms with Crippen LogP contribution in [0.4, 0.5) is 0 Å². The fourth-order valence-electron chi connectivity index (χ4n) is 3.21. The van der Waals surface area contributed by atoms with Gasteiger partial charge in [0.25, 0.3) is 5.91 Å². The van der Waals surface area contributed by atoms with Crippen molar-refractivity contribution in [2.24, 2.45) is 5.92 Å². The molecule has 0 radical (unpaired) electrons. The average Bonchev–Trinajstić information content (AvgIpc) is 3.24. The number of nitrogens with one attached hydrogen (secondary N) is 2. The topological polar surface area (TPSA) is 76.0 Å². The molecule has 30 heavy (non-hydrogen) atoms. The van der Waals surface area contributed by atoms with Crippen LogP contribution in [0.15, 0.2) is 67.0 Å². The number of hydrogen-bond donors (Lipinski definition) is 2. The van der Waals surface area contributed by atoms with Gasteiger partial charge < -0.3 is 10.6 Å². The summed E-state index contributed by atoms with van der Waals surface area (Å²) in [7, 11) is 0. The summed E-state index contributed by atoms with van der Waals surface area (Å²) in [5.74, 6) is -0.485.